The first-order chi connectivity index (χ1) is 11.6. The molecule has 1 unspecified atom stereocenters. The third-order valence-corrected chi connectivity index (χ3v) is 4.55. The Morgan fingerprint density at radius 2 is 1.71 bits per heavy atom. The van der Waals surface area contributed by atoms with Crippen LogP contribution in [0.3, 0.4) is 0 Å². The van der Waals surface area contributed by atoms with Crippen molar-refractivity contribution in [3.63, 3.8) is 0 Å². The van der Waals surface area contributed by atoms with Crippen molar-refractivity contribution < 1.29 is 28.5 Å². The fourth-order valence-electron chi connectivity index (χ4n) is 3.07. The van der Waals surface area contributed by atoms with Crippen molar-refractivity contribution in [2.24, 2.45) is 5.41 Å². The Bertz CT molecular complexity index is 360. The molecule has 1 aliphatic rings. The van der Waals surface area contributed by atoms with Gasteiger partial charge in [0.1, 0.15) is 0 Å². The lowest BCUT2D eigenvalue weighted by Crippen LogP contribution is -2.41. The second kappa shape index (κ2) is 11.4. The van der Waals surface area contributed by atoms with Gasteiger partial charge in [-0.3, -0.25) is 9.59 Å². The van der Waals surface area contributed by atoms with E-state index in [-0.39, 0.29) is 6.29 Å². The molecule has 1 fully saturated rings. The fraction of sp³-hybridized carbons (Fsp3) is 0.889. The summed E-state index contributed by atoms with van der Waals surface area (Å²) >= 11 is 0. The number of unbranched alkanes of at least 4 members (excludes halogenated alkanes) is 2. The fourth-order valence-corrected chi connectivity index (χ4v) is 3.07. The Balaban J connectivity index is 2.50. The number of esters is 2. The average molecular weight is 344 g/mol. The van der Waals surface area contributed by atoms with E-state index in [1.54, 1.807) is 0 Å². The lowest BCUT2D eigenvalue weighted by atomic mass is 9.78. The normalized spacial score (nSPS) is 18.2. The van der Waals surface area contributed by atoms with Crippen LogP contribution in [-0.2, 0) is 28.5 Å². The van der Waals surface area contributed by atoms with Gasteiger partial charge in [-0.05, 0) is 44.9 Å². The van der Waals surface area contributed by atoms with Crippen molar-refractivity contribution in [2.75, 3.05) is 27.4 Å². The molecule has 0 N–H and O–H groups in total. The van der Waals surface area contributed by atoms with Crippen molar-refractivity contribution in [3.8, 4) is 0 Å². The van der Waals surface area contributed by atoms with Crippen LogP contribution in [0.1, 0.15) is 64.7 Å². The predicted molar refractivity (Wildman–Crippen MR) is 89.4 cm³/mol. The Morgan fingerprint density at radius 3 is 2.25 bits per heavy atom. The number of carbonyl (C=O) groups excluding carboxylic acids is 2. The van der Waals surface area contributed by atoms with Crippen molar-refractivity contribution >= 4 is 11.9 Å². The highest BCUT2D eigenvalue weighted by Crippen LogP contribution is 2.34. The highest BCUT2D eigenvalue weighted by Gasteiger charge is 2.47. The summed E-state index contributed by atoms with van der Waals surface area (Å²) in [4.78, 5) is 24.6. The maximum Gasteiger partial charge on any atom is 0.323 e. The molecule has 1 saturated heterocycles. The molecule has 0 aromatic carbocycles. The molecule has 1 rings (SSSR count). The van der Waals surface area contributed by atoms with E-state index >= 15 is 0 Å². The predicted octanol–water partition coefficient (Wildman–Crippen LogP) is 3.22. The summed E-state index contributed by atoms with van der Waals surface area (Å²) in [6, 6.07) is 0. The molecule has 0 bridgehead atoms. The molecular weight excluding hydrogens is 312 g/mol. The summed E-state index contributed by atoms with van der Waals surface area (Å²) in [7, 11) is 2.63. The minimum Gasteiger partial charge on any atom is -0.468 e. The lowest BCUT2D eigenvalue weighted by Gasteiger charge is -2.28. The highest BCUT2D eigenvalue weighted by atomic mass is 16.7. The summed E-state index contributed by atoms with van der Waals surface area (Å²) in [6.07, 6.45) is 7.07. The minimum atomic E-state index is -1.19. The number of ether oxygens (including phenoxy) is 4. The van der Waals surface area contributed by atoms with Crippen LogP contribution >= 0.6 is 0 Å². The largest absolute Gasteiger partial charge is 0.468 e. The number of methoxy groups -OCH3 is 2. The van der Waals surface area contributed by atoms with Gasteiger partial charge in [0, 0.05) is 13.2 Å². The third-order valence-electron chi connectivity index (χ3n) is 4.55. The van der Waals surface area contributed by atoms with Gasteiger partial charge >= 0.3 is 11.9 Å². The van der Waals surface area contributed by atoms with E-state index in [1.165, 1.54) is 14.2 Å². The maximum atomic E-state index is 12.3. The van der Waals surface area contributed by atoms with Gasteiger partial charge in [-0.2, -0.15) is 0 Å². The number of hydrogen-bond acceptors (Lipinski definition) is 6. The molecule has 0 amide bonds. The first kappa shape index (κ1) is 20.9. The summed E-state index contributed by atoms with van der Waals surface area (Å²) in [5.41, 5.74) is -1.19. The molecule has 0 saturated carbocycles. The molecule has 0 aliphatic carbocycles. The molecular formula is C18H32O6. The first-order valence-corrected chi connectivity index (χ1v) is 9.00. The van der Waals surface area contributed by atoms with Crippen LogP contribution in [0.15, 0.2) is 0 Å². The quantitative estimate of drug-likeness (QED) is 0.326. The zero-order valence-corrected chi connectivity index (χ0v) is 15.3. The molecule has 0 aromatic rings. The summed E-state index contributed by atoms with van der Waals surface area (Å²) < 4.78 is 21.0. The third kappa shape index (κ3) is 6.06. The van der Waals surface area contributed by atoms with Crippen molar-refractivity contribution in [2.45, 2.75) is 71.0 Å². The van der Waals surface area contributed by atoms with Crippen LogP contribution in [0, 0.1) is 5.41 Å². The van der Waals surface area contributed by atoms with E-state index < -0.39 is 17.4 Å². The summed E-state index contributed by atoms with van der Waals surface area (Å²) in [6.45, 7) is 3.35. The zero-order valence-electron chi connectivity index (χ0n) is 15.3. The molecule has 1 atom stereocenters. The lowest BCUT2D eigenvalue weighted by molar-refractivity contribution is -0.172. The van der Waals surface area contributed by atoms with Gasteiger partial charge < -0.3 is 18.9 Å². The number of carbonyl (C=O) groups is 2. The topological polar surface area (TPSA) is 71.1 Å². The Morgan fingerprint density at radius 1 is 1.04 bits per heavy atom. The van der Waals surface area contributed by atoms with Gasteiger partial charge in [0.25, 0.3) is 0 Å². The molecule has 1 aliphatic heterocycles. The van der Waals surface area contributed by atoms with E-state index in [0.29, 0.717) is 25.9 Å². The maximum absolute atomic E-state index is 12.3. The first-order valence-electron chi connectivity index (χ1n) is 9.00. The molecule has 0 radical (unpaired) electrons. The van der Waals surface area contributed by atoms with E-state index in [2.05, 4.69) is 0 Å². The molecule has 24 heavy (non-hydrogen) atoms. The van der Waals surface area contributed by atoms with Crippen LogP contribution < -0.4 is 0 Å². The van der Waals surface area contributed by atoms with Crippen molar-refractivity contribution in [1.82, 2.24) is 0 Å². The Kier molecular flexibility index (Phi) is 9.95. The molecule has 140 valence electrons. The van der Waals surface area contributed by atoms with E-state index in [1.807, 2.05) is 6.92 Å². The molecule has 0 spiro atoms. The van der Waals surface area contributed by atoms with Crippen LogP contribution in [0.2, 0.25) is 0 Å². The second-order valence-corrected chi connectivity index (χ2v) is 6.29. The van der Waals surface area contributed by atoms with Crippen LogP contribution in [0.5, 0.6) is 0 Å². The van der Waals surface area contributed by atoms with Gasteiger partial charge in [-0.1, -0.05) is 19.8 Å². The second-order valence-electron chi connectivity index (χ2n) is 6.29. The monoisotopic (exact) mass is 344 g/mol. The number of hydrogen-bond donors (Lipinski definition) is 0. The van der Waals surface area contributed by atoms with Crippen LogP contribution in [-0.4, -0.2) is 45.7 Å². The number of rotatable bonds is 11. The summed E-state index contributed by atoms with van der Waals surface area (Å²) in [5.74, 6) is -1.00. The van der Waals surface area contributed by atoms with Gasteiger partial charge in [0.05, 0.1) is 14.2 Å². The van der Waals surface area contributed by atoms with Gasteiger partial charge in [-0.25, -0.2) is 0 Å². The Hall–Kier alpha value is -1.14. The smallest absolute Gasteiger partial charge is 0.323 e. The van der Waals surface area contributed by atoms with Crippen molar-refractivity contribution in [1.29, 1.82) is 0 Å². The van der Waals surface area contributed by atoms with Crippen LogP contribution in [0.4, 0.5) is 0 Å². The van der Waals surface area contributed by atoms with Crippen LogP contribution in [0.25, 0.3) is 0 Å². The SMILES string of the molecule is CCCCC(CCCCOC1CCCCO1)(C(=O)OC)C(=O)OC. The standard InChI is InChI=1S/C18H32O6/c1-4-5-11-18(16(19)21-2,17(20)22-3)12-7-9-14-24-15-10-6-8-13-23-15/h15H,4-14H2,1-3H3. The molecule has 6 heteroatoms. The van der Waals surface area contributed by atoms with Gasteiger partial charge in [0.15, 0.2) is 11.7 Å². The van der Waals surface area contributed by atoms with Crippen molar-refractivity contribution in [3.05, 3.63) is 0 Å². The molecule has 1 heterocycles. The zero-order chi connectivity index (χ0) is 17.8. The molecule has 6 nitrogen and oxygen atoms in total. The minimum absolute atomic E-state index is 0.107. The van der Waals surface area contributed by atoms with E-state index in [4.69, 9.17) is 18.9 Å². The van der Waals surface area contributed by atoms with Gasteiger partial charge in [-0.15, -0.1) is 0 Å². The van der Waals surface area contributed by atoms with E-state index in [0.717, 1.165) is 45.1 Å². The highest BCUT2D eigenvalue weighted by molar-refractivity contribution is 5.99. The Labute approximate surface area is 145 Å². The van der Waals surface area contributed by atoms with Gasteiger partial charge in [0.2, 0.25) is 0 Å². The average Bonchev–Trinajstić information content (AvgIpc) is 2.63. The summed E-state index contributed by atoms with van der Waals surface area (Å²) in [5, 5.41) is 0. The van der Waals surface area contributed by atoms with E-state index in [9.17, 15) is 9.59 Å². The molecule has 0 aromatic heterocycles.